The van der Waals surface area contributed by atoms with Crippen LogP contribution in [0.1, 0.15) is 32.6 Å². The Bertz CT molecular complexity index is 251. The zero-order valence-corrected chi connectivity index (χ0v) is 14.4. The highest BCUT2D eigenvalue weighted by atomic mass is 127. The molecule has 0 heterocycles. The molecular formula is C12H25F3IN3O. The van der Waals surface area contributed by atoms with E-state index in [4.69, 9.17) is 4.74 Å². The molecule has 2 N–H and O–H groups in total. The fourth-order valence-corrected chi connectivity index (χ4v) is 1.27. The third-order valence-electron chi connectivity index (χ3n) is 2.32. The topological polar surface area (TPSA) is 45.6 Å². The van der Waals surface area contributed by atoms with Crippen molar-refractivity contribution in [2.75, 3.05) is 33.4 Å². The number of unbranched alkanes of at least 4 members (excludes halogenated alkanes) is 1. The van der Waals surface area contributed by atoms with Gasteiger partial charge in [-0.05, 0) is 12.8 Å². The Morgan fingerprint density at radius 2 is 1.70 bits per heavy atom. The molecule has 0 bridgehead atoms. The molecule has 0 saturated heterocycles. The van der Waals surface area contributed by atoms with E-state index in [0.717, 1.165) is 25.9 Å². The molecule has 0 rings (SSSR count). The molecule has 0 amide bonds. The third kappa shape index (κ3) is 15.8. The first-order valence-corrected chi connectivity index (χ1v) is 6.58. The Hall–Kier alpha value is -0.250. The van der Waals surface area contributed by atoms with Crippen molar-refractivity contribution in [3.63, 3.8) is 0 Å². The number of alkyl halides is 3. The standard InChI is InChI=1S/C12H24F3N3O.HI/c1-3-4-9-19-10-5-7-17-11(16-2)18-8-6-12(13,14)15;/h3-10H2,1-2H3,(H2,16,17,18);1H. The van der Waals surface area contributed by atoms with Crippen molar-refractivity contribution in [1.29, 1.82) is 0 Å². The number of nitrogens with one attached hydrogen (secondary N) is 2. The molecule has 8 heteroatoms. The van der Waals surface area contributed by atoms with E-state index in [1.165, 1.54) is 7.05 Å². The van der Waals surface area contributed by atoms with Crippen LogP contribution in [-0.4, -0.2) is 45.5 Å². The summed E-state index contributed by atoms with van der Waals surface area (Å²) in [6, 6.07) is 0. The highest BCUT2D eigenvalue weighted by Crippen LogP contribution is 2.17. The quantitative estimate of drug-likeness (QED) is 0.266. The molecule has 0 spiro atoms. The highest BCUT2D eigenvalue weighted by Gasteiger charge is 2.26. The number of hydrogen-bond donors (Lipinski definition) is 2. The van der Waals surface area contributed by atoms with Crippen LogP contribution in [0.25, 0.3) is 0 Å². The van der Waals surface area contributed by atoms with Crippen molar-refractivity contribution >= 4 is 29.9 Å². The average molecular weight is 411 g/mol. The fraction of sp³-hybridized carbons (Fsp3) is 0.917. The second-order valence-electron chi connectivity index (χ2n) is 4.11. The number of rotatable bonds is 9. The summed E-state index contributed by atoms with van der Waals surface area (Å²) in [7, 11) is 1.53. The van der Waals surface area contributed by atoms with Gasteiger partial charge >= 0.3 is 6.18 Å². The van der Waals surface area contributed by atoms with Gasteiger partial charge in [-0.3, -0.25) is 4.99 Å². The van der Waals surface area contributed by atoms with Gasteiger partial charge in [-0.15, -0.1) is 24.0 Å². The van der Waals surface area contributed by atoms with Crippen molar-refractivity contribution in [1.82, 2.24) is 10.6 Å². The maximum Gasteiger partial charge on any atom is 0.390 e. The molecule has 0 aliphatic heterocycles. The SMILES string of the molecule is CCCCOCCCNC(=NC)NCCC(F)(F)F.I. The van der Waals surface area contributed by atoms with Gasteiger partial charge in [0.1, 0.15) is 0 Å². The van der Waals surface area contributed by atoms with Crippen LogP contribution >= 0.6 is 24.0 Å². The number of hydrogen-bond acceptors (Lipinski definition) is 2. The van der Waals surface area contributed by atoms with Crippen LogP contribution in [0.2, 0.25) is 0 Å². The second kappa shape index (κ2) is 13.7. The van der Waals surface area contributed by atoms with E-state index < -0.39 is 12.6 Å². The highest BCUT2D eigenvalue weighted by molar-refractivity contribution is 14.0. The molecule has 0 aromatic carbocycles. The first-order valence-electron chi connectivity index (χ1n) is 6.58. The Kier molecular flexibility index (Phi) is 15.1. The smallest absolute Gasteiger partial charge is 0.381 e. The number of halogens is 4. The van der Waals surface area contributed by atoms with Gasteiger partial charge in [0, 0.05) is 33.4 Å². The molecule has 4 nitrogen and oxygen atoms in total. The number of ether oxygens (including phenoxy) is 1. The van der Waals surface area contributed by atoms with Crippen molar-refractivity contribution < 1.29 is 17.9 Å². The Morgan fingerprint density at radius 3 is 2.25 bits per heavy atom. The molecule has 0 fully saturated rings. The summed E-state index contributed by atoms with van der Waals surface area (Å²) in [4.78, 5) is 3.84. The summed E-state index contributed by atoms with van der Waals surface area (Å²) in [5, 5.41) is 5.55. The van der Waals surface area contributed by atoms with Crippen LogP contribution in [0.15, 0.2) is 4.99 Å². The lowest BCUT2D eigenvalue weighted by molar-refractivity contribution is -0.132. The van der Waals surface area contributed by atoms with Crippen molar-refractivity contribution in [3.05, 3.63) is 0 Å². The Labute approximate surface area is 136 Å². The van der Waals surface area contributed by atoms with Gasteiger partial charge in [-0.1, -0.05) is 13.3 Å². The maximum atomic E-state index is 11.9. The van der Waals surface area contributed by atoms with Crippen LogP contribution < -0.4 is 10.6 Å². The van der Waals surface area contributed by atoms with E-state index in [-0.39, 0.29) is 30.5 Å². The lowest BCUT2D eigenvalue weighted by Gasteiger charge is -2.12. The minimum Gasteiger partial charge on any atom is -0.381 e. The normalized spacial score (nSPS) is 11.9. The molecule has 0 atom stereocenters. The van der Waals surface area contributed by atoms with E-state index in [0.29, 0.717) is 19.1 Å². The van der Waals surface area contributed by atoms with Gasteiger partial charge in [0.2, 0.25) is 0 Å². The largest absolute Gasteiger partial charge is 0.390 e. The predicted octanol–water partition coefficient (Wildman–Crippen LogP) is 2.93. The fourth-order valence-electron chi connectivity index (χ4n) is 1.27. The van der Waals surface area contributed by atoms with Gasteiger partial charge in [0.25, 0.3) is 0 Å². The Morgan fingerprint density at radius 1 is 1.10 bits per heavy atom. The van der Waals surface area contributed by atoms with Gasteiger partial charge in [-0.2, -0.15) is 13.2 Å². The number of aliphatic imine (C=N–C) groups is 1. The van der Waals surface area contributed by atoms with E-state index in [1.807, 2.05) is 0 Å². The summed E-state index contributed by atoms with van der Waals surface area (Å²) >= 11 is 0. The lowest BCUT2D eigenvalue weighted by atomic mass is 10.4. The summed E-state index contributed by atoms with van der Waals surface area (Å²) in [5.74, 6) is 0.387. The average Bonchev–Trinajstić information content (AvgIpc) is 2.34. The summed E-state index contributed by atoms with van der Waals surface area (Å²) in [5.41, 5.74) is 0. The molecule has 20 heavy (non-hydrogen) atoms. The molecule has 122 valence electrons. The van der Waals surface area contributed by atoms with Crippen LogP contribution in [0.3, 0.4) is 0 Å². The molecule has 0 aliphatic rings. The maximum absolute atomic E-state index is 11.9. The van der Waals surface area contributed by atoms with Crippen LogP contribution in [0.5, 0.6) is 0 Å². The molecule has 0 radical (unpaired) electrons. The third-order valence-corrected chi connectivity index (χ3v) is 2.32. The van der Waals surface area contributed by atoms with Crippen LogP contribution in [0.4, 0.5) is 13.2 Å². The van der Waals surface area contributed by atoms with Gasteiger partial charge < -0.3 is 15.4 Å². The van der Waals surface area contributed by atoms with Gasteiger partial charge in [0.05, 0.1) is 6.42 Å². The minimum absolute atomic E-state index is 0. The van der Waals surface area contributed by atoms with Gasteiger partial charge in [0.15, 0.2) is 5.96 Å². The van der Waals surface area contributed by atoms with E-state index in [2.05, 4.69) is 22.5 Å². The van der Waals surface area contributed by atoms with Gasteiger partial charge in [-0.25, -0.2) is 0 Å². The van der Waals surface area contributed by atoms with E-state index in [9.17, 15) is 13.2 Å². The summed E-state index contributed by atoms with van der Waals surface area (Å²) in [6.07, 6.45) is -2.06. The van der Waals surface area contributed by atoms with Crippen LogP contribution in [-0.2, 0) is 4.74 Å². The second-order valence-corrected chi connectivity index (χ2v) is 4.11. The first-order chi connectivity index (χ1) is 8.99. The van der Waals surface area contributed by atoms with E-state index in [1.54, 1.807) is 0 Å². The van der Waals surface area contributed by atoms with Crippen molar-refractivity contribution in [2.45, 2.75) is 38.8 Å². The molecule has 0 unspecified atom stereocenters. The zero-order chi connectivity index (χ0) is 14.6. The minimum atomic E-state index is -4.14. The monoisotopic (exact) mass is 411 g/mol. The molecule has 0 aliphatic carbocycles. The molecule has 0 aromatic heterocycles. The molecular weight excluding hydrogens is 386 g/mol. The van der Waals surface area contributed by atoms with E-state index >= 15 is 0 Å². The Balaban J connectivity index is 0. The number of nitrogens with zero attached hydrogens (tertiary/aromatic N) is 1. The molecule has 0 aromatic rings. The number of guanidine groups is 1. The van der Waals surface area contributed by atoms with Crippen molar-refractivity contribution in [3.8, 4) is 0 Å². The lowest BCUT2D eigenvalue weighted by Crippen LogP contribution is -2.39. The van der Waals surface area contributed by atoms with Crippen LogP contribution in [0, 0.1) is 0 Å². The zero-order valence-electron chi connectivity index (χ0n) is 12.1. The van der Waals surface area contributed by atoms with Crippen molar-refractivity contribution in [2.24, 2.45) is 4.99 Å². The molecule has 0 saturated carbocycles. The summed E-state index contributed by atoms with van der Waals surface area (Å²) < 4.78 is 41.2. The first kappa shape index (κ1) is 22.0. The predicted molar refractivity (Wildman–Crippen MR) is 85.8 cm³/mol. The summed E-state index contributed by atoms with van der Waals surface area (Å²) in [6.45, 7) is 3.96.